The summed E-state index contributed by atoms with van der Waals surface area (Å²) in [4.78, 5) is 13.9. The zero-order chi connectivity index (χ0) is 10.8. The summed E-state index contributed by atoms with van der Waals surface area (Å²) >= 11 is 0. The zero-order valence-electron chi connectivity index (χ0n) is 9.36. The number of nitrogens with two attached hydrogens (primary N) is 1. The van der Waals surface area contributed by atoms with Crippen molar-refractivity contribution in [3.05, 3.63) is 12.2 Å². The van der Waals surface area contributed by atoms with Gasteiger partial charge in [-0.15, -0.1) is 0 Å². The molecule has 3 unspecified atom stereocenters. The molecule has 0 saturated carbocycles. The van der Waals surface area contributed by atoms with E-state index in [2.05, 4.69) is 19.1 Å². The van der Waals surface area contributed by atoms with Gasteiger partial charge in [-0.05, 0) is 24.7 Å². The van der Waals surface area contributed by atoms with Crippen molar-refractivity contribution in [3.8, 4) is 0 Å². The van der Waals surface area contributed by atoms with Crippen molar-refractivity contribution in [1.29, 1.82) is 0 Å². The van der Waals surface area contributed by atoms with Crippen molar-refractivity contribution in [1.82, 2.24) is 4.90 Å². The van der Waals surface area contributed by atoms with Gasteiger partial charge in [0.15, 0.2) is 0 Å². The molecule has 1 aliphatic carbocycles. The number of hydrogen-bond acceptors (Lipinski definition) is 2. The maximum Gasteiger partial charge on any atom is 0.223 e. The van der Waals surface area contributed by atoms with E-state index in [1.54, 1.807) is 0 Å². The number of allylic oxidation sites excluding steroid dienone is 2. The van der Waals surface area contributed by atoms with Crippen LogP contribution in [0.15, 0.2) is 12.2 Å². The predicted molar refractivity (Wildman–Crippen MR) is 60.2 cm³/mol. The van der Waals surface area contributed by atoms with Crippen LogP contribution in [0.4, 0.5) is 0 Å². The van der Waals surface area contributed by atoms with Gasteiger partial charge in [0, 0.05) is 25.6 Å². The van der Waals surface area contributed by atoms with Crippen LogP contribution in [0.2, 0.25) is 0 Å². The molecule has 0 radical (unpaired) electrons. The Morgan fingerprint density at radius 2 is 2.33 bits per heavy atom. The molecule has 3 heteroatoms. The van der Waals surface area contributed by atoms with Crippen molar-refractivity contribution in [2.75, 3.05) is 13.1 Å². The summed E-state index contributed by atoms with van der Waals surface area (Å²) in [6, 6.07) is 0.174. The molecular formula is C12H20N2O. The summed E-state index contributed by atoms with van der Waals surface area (Å²) in [5, 5.41) is 0. The van der Waals surface area contributed by atoms with Crippen LogP contribution in [0, 0.1) is 11.8 Å². The third-order valence-electron chi connectivity index (χ3n) is 3.57. The first-order chi connectivity index (χ1) is 7.16. The molecule has 0 bridgehead atoms. The van der Waals surface area contributed by atoms with E-state index in [4.69, 9.17) is 5.73 Å². The van der Waals surface area contributed by atoms with Crippen molar-refractivity contribution >= 4 is 5.91 Å². The fraction of sp³-hybridized carbons (Fsp3) is 0.750. The predicted octanol–water partition coefficient (Wildman–Crippen LogP) is 1.15. The van der Waals surface area contributed by atoms with Crippen LogP contribution in [0.25, 0.3) is 0 Å². The maximum absolute atomic E-state index is 11.9. The first kappa shape index (κ1) is 10.7. The van der Waals surface area contributed by atoms with Gasteiger partial charge in [0.1, 0.15) is 0 Å². The Balaban J connectivity index is 1.83. The van der Waals surface area contributed by atoms with Crippen LogP contribution in [-0.4, -0.2) is 29.9 Å². The number of carbonyl (C=O) groups is 1. The molecule has 1 fully saturated rings. The molecule has 0 aromatic heterocycles. The highest BCUT2D eigenvalue weighted by molar-refractivity contribution is 5.77. The van der Waals surface area contributed by atoms with Crippen molar-refractivity contribution in [2.45, 2.75) is 32.2 Å². The Bertz CT molecular complexity index is 265. The topological polar surface area (TPSA) is 46.3 Å². The molecule has 3 nitrogen and oxygen atoms in total. The van der Waals surface area contributed by atoms with Crippen LogP contribution in [0.1, 0.15) is 26.2 Å². The lowest BCUT2D eigenvalue weighted by Crippen LogP contribution is -2.32. The van der Waals surface area contributed by atoms with Crippen LogP contribution < -0.4 is 5.73 Å². The van der Waals surface area contributed by atoms with Gasteiger partial charge in [-0.25, -0.2) is 0 Å². The van der Waals surface area contributed by atoms with Gasteiger partial charge >= 0.3 is 0 Å². The van der Waals surface area contributed by atoms with E-state index in [1.807, 2.05) is 4.90 Å². The Morgan fingerprint density at radius 1 is 1.53 bits per heavy atom. The van der Waals surface area contributed by atoms with E-state index >= 15 is 0 Å². The molecule has 2 aliphatic rings. The summed E-state index contributed by atoms with van der Waals surface area (Å²) in [5.74, 6) is 1.21. The Labute approximate surface area is 91.3 Å². The zero-order valence-corrected chi connectivity index (χ0v) is 9.36. The van der Waals surface area contributed by atoms with E-state index in [0.717, 1.165) is 25.9 Å². The van der Waals surface area contributed by atoms with Gasteiger partial charge in [-0.1, -0.05) is 19.1 Å². The van der Waals surface area contributed by atoms with Crippen LogP contribution >= 0.6 is 0 Å². The van der Waals surface area contributed by atoms with Crippen molar-refractivity contribution < 1.29 is 4.79 Å². The summed E-state index contributed by atoms with van der Waals surface area (Å²) in [6.45, 7) is 3.71. The quantitative estimate of drug-likeness (QED) is 0.692. The number of nitrogens with zero attached hydrogens (tertiary/aromatic N) is 1. The monoisotopic (exact) mass is 208 g/mol. The van der Waals surface area contributed by atoms with E-state index in [-0.39, 0.29) is 11.9 Å². The summed E-state index contributed by atoms with van der Waals surface area (Å²) in [7, 11) is 0. The average molecular weight is 208 g/mol. The highest BCUT2D eigenvalue weighted by atomic mass is 16.2. The van der Waals surface area contributed by atoms with E-state index in [0.29, 0.717) is 18.3 Å². The minimum absolute atomic E-state index is 0.174. The van der Waals surface area contributed by atoms with Crippen molar-refractivity contribution in [3.63, 3.8) is 0 Å². The molecule has 1 heterocycles. The molecule has 15 heavy (non-hydrogen) atoms. The van der Waals surface area contributed by atoms with Crippen LogP contribution in [-0.2, 0) is 4.79 Å². The second-order valence-corrected chi connectivity index (χ2v) is 4.91. The fourth-order valence-corrected chi connectivity index (χ4v) is 2.41. The third-order valence-corrected chi connectivity index (χ3v) is 3.57. The average Bonchev–Trinajstić information content (AvgIpc) is 2.78. The van der Waals surface area contributed by atoms with E-state index < -0.39 is 0 Å². The molecule has 0 aromatic carbocycles. The summed E-state index contributed by atoms with van der Waals surface area (Å²) in [5.41, 5.74) is 5.91. The smallest absolute Gasteiger partial charge is 0.223 e. The molecule has 0 aromatic rings. The van der Waals surface area contributed by atoms with Gasteiger partial charge in [-0.3, -0.25) is 4.79 Å². The summed E-state index contributed by atoms with van der Waals surface area (Å²) < 4.78 is 0. The highest BCUT2D eigenvalue weighted by Crippen LogP contribution is 2.23. The molecule has 1 aliphatic heterocycles. The molecule has 2 rings (SSSR count). The molecular weight excluding hydrogens is 188 g/mol. The van der Waals surface area contributed by atoms with E-state index in [1.165, 1.54) is 0 Å². The van der Waals surface area contributed by atoms with Gasteiger partial charge in [0.2, 0.25) is 5.91 Å². The van der Waals surface area contributed by atoms with E-state index in [9.17, 15) is 4.79 Å². The first-order valence-electron chi connectivity index (χ1n) is 5.87. The lowest BCUT2D eigenvalue weighted by molar-refractivity contribution is -0.131. The number of carbonyl (C=O) groups excluding carboxylic acids is 1. The fourth-order valence-electron chi connectivity index (χ4n) is 2.41. The molecule has 3 atom stereocenters. The Hall–Kier alpha value is -0.830. The Kier molecular flexibility index (Phi) is 3.10. The van der Waals surface area contributed by atoms with Crippen LogP contribution in [0.5, 0.6) is 0 Å². The number of hydrogen-bond donors (Lipinski definition) is 1. The standard InChI is InChI=1S/C12H20N2O/c1-9-7-14(8-11(9)13)12(15)6-10-4-2-3-5-10/h2,4,9-11H,3,5-8,13H2,1H3. The molecule has 2 N–H and O–H groups in total. The molecule has 84 valence electrons. The number of amides is 1. The molecule has 1 amide bonds. The normalized spacial score (nSPS) is 35.1. The SMILES string of the molecule is CC1CN(C(=O)CC2C=CCC2)CC1N. The second-order valence-electron chi connectivity index (χ2n) is 4.91. The number of likely N-dealkylation sites (tertiary alicyclic amines) is 1. The second kappa shape index (κ2) is 4.35. The Morgan fingerprint density at radius 3 is 2.87 bits per heavy atom. The van der Waals surface area contributed by atoms with Gasteiger partial charge in [-0.2, -0.15) is 0 Å². The van der Waals surface area contributed by atoms with Gasteiger partial charge in [0.25, 0.3) is 0 Å². The third kappa shape index (κ3) is 2.40. The minimum Gasteiger partial charge on any atom is -0.341 e. The first-order valence-corrected chi connectivity index (χ1v) is 5.87. The summed E-state index contributed by atoms with van der Waals surface area (Å²) in [6.07, 6.45) is 7.30. The molecule has 1 saturated heterocycles. The van der Waals surface area contributed by atoms with Gasteiger partial charge in [0.05, 0.1) is 0 Å². The van der Waals surface area contributed by atoms with Crippen molar-refractivity contribution in [2.24, 2.45) is 17.6 Å². The molecule has 0 spiro atoms. The lowest BCUT2D eigenvalue weighted by atomic mass is 10.0. The maximum atomic E-state index is 11.9. The minimum atomic E-state index is 0.174. The number of rotatable bonds is 2. The van der Waals surface area contributed by atoms with Crippen LogP contribution in [0.3, 0.4) is 0 Å². The lowest BCUT2D eigenvalue weighted by Gasteiger charge is -2.17. The largest absolute Gasteiger partial charge is 0.341 e. The highest BCUT2D eigenvalue weighted by Gasteiger charge is 2.30. The van der Waals surface area contributed by atoms with Gasteiger partial charge < -0.3 is 10.6 Å².